The SMILES string of the molecule is Cc1c([N+](=O)[O-])c(OCCC(C)Nc2nc(Cl)ncc2Cl)nn1C1CCOC1. The van der Waals surface area contributed by atoms with Gasteiger partial charge in [-0.25, -0.2) is 4.98 Å². The predicted octanol–water partition coefficient (Wildman–Crippen LogP) is 3.43. The number of aromatic nitrogens is 4. The normalized spacial score (nSPS) is 17.5. The van der Waals surface area contributed by atoms with E-state index < -0.39 is 4.92 Å². The summed E-state index contributed by atoms with van der Waals surface area (Å²) in [5.74, 6) is 0.436. The lowest BCUT2D eigenvalue weighted by atomic mass is 10.2. The lowest BCUT2D eigenvalue weighted by Crippen LogP contribution is -2.20. The summed E-state index contributed by atoms with van der Waals surface area (Å²) in [4.78, 5) is 18.8. The third kappa shape index (κ3) is 4.62. The van der Waals surface area contributed by atoms with Gasteiger partial charge in [-0.05, 0) is 31.9 Å². The Morgan fingerprint density at radius 2 is 2.32 bits per heavy atom. The van der Waals surface area contributed by atoms with E-state index in [0.29, 0.717) is 36.2 Å². The van der Waals surface area contributed by atoms with E-state index in [1.54, 1.807) is 11.6 Å². The van der Waals surface area contributed by atoms with Gasteiger partial charge in [-0.3, -0.25) is 14.8 Å². The number of rotatable bonds is 8. The molecule has 1 aliphatic heterocycles. The Balaban J connectivity index is 1.63. The number of nitrogens with zero attached hydrogens (tertiary/aromatic N) is 5. The molecule has 12 heteroatoms. The molecule has 2 atom stereocenters. The van der Waals surface area contributed by atoms with Gasteiger partial charge in [-0.1, -0.05) is 11.6 Å². The van der Waals surface area contributed by atoms with E-state index >= 15 is 0 Å². The fraction of sp³-hybridized carbons (Fsp3) is 0.562. The van der Waals surface area contributed by atoms with Gasteiger partial charge in [0.15, 0.2) is 0 Å². The van der Waals surface area contributed by atoms with Crippen LogP contribution < -0.4 is 10.1 Å². The molecule has 0 spiro atoms. The molecule has 0 radical (unpaired) electrons. The second kappa shape index (κ2) is 8.89. The summed E-state index contributed by atoms with van der Waals surface area (Å²) >= 11 is 11.8. The average molecular weight is 431 g/mol. The third-order valence-corrected chi connectivity index (χ3v) is 4.87. The summed E-state index contributed by atoms with van der Waals surface area (Å²) in [7, 11) is 0. The Hall–Kier alpha value is -2.17. The van der Waals surface area contributed by atoms with Crippen molar-refractivity contribution in [3.8, 4) is 5.88 Å². The van der Waals surface area contributed by atoms with Crippen LogP contribution in [-0.2, 0) is 4.74 Å². The summed E-state index contributed by atoms with van der Waals surface area (Å²) in [6.07, 6.45) is 2.71. The van der Waals surface area contributed by atoms with Crippen LogP contribution in [0.1, 0.15) is 31.5 Å². The molecule has 1 aliphatic rings. The molecule has 2 aromatic heterocycles. The Labute approximate surface area is 171 Å². The van der Waals surface area contributed by atoms with Crippen LogP contribution in [0.5, 0.6) is 5.88 Å². The maximum Gasteiger partial charge on any atom is 0.352 e. The number of nitro groups is 1. The summed E-state index contributed by atoms with van der Waals surface area (Å²) < 4.78 is 12.6. The maximum absolute atomic E-state index is 11.5. The topological polar surface area (TPSA) is 117 Å². The standard InChI is InChI=1S/C16H20Cl2N6O4/c1-9(20-14-12(17)7-19-16(18)21-14)3-6-28-15-13(24(25)26)10(2)23(22-15)11-4-5-27-8-11/h7,9,11H,3-6,8H2,1-2H3,(H,19,20,21). The quantitative estimate of drug-likeness (QED) is 0.384. The van der Waals surface area contributed by atoms with Crippen molar-refractivity contribution in [2.45, 2.75) is 38.8 Å². The highest BCUT2D eigenvalue weighted by Crippen LogP contribution is 2.33. The van der Waals surface area contributed by atoms with E-state index in [9.17, 15) is 10.1 Å². The number of hydrogen-bond donors (Lipinski definition) is 1. The number of halogens is 2. The first-order valence-corrected chi connectivity index (χ1v) is 9.51. The predicted molar refractivity (Wildman–Crippen MR) is 103 cm³/mol. The minimum atomic E-state index is -0.464. The van der Waals surface area contributed by atoms with E-state index in [1.807, 2.05) is 6.92 Å². The zero-order chi connectivity index (χ0) is 20.3. The van der Waals surface area contributed by atoms with Gasteiger partial charge in [-0.2, -0.15) is 4.98 Å². The molecular weight excluding hydrogens is 411 g/mol. The Bertz CT molecular complexity index is 856. The van der Waals surface area contributed by atoms with Gasteiger partial charge in [0.25, 0.3) is 0 Å². The number of nitrogens with one attached hydrogen (secondary N) is 1. The minimum Gasteiger partial charge on any atom is -0.472 e. The lowest BCUT2D eigenvalue weighted by molar-refractivity contribution is -0.386. The Kier molecular flexibility index (Phi) is 6.53. The van der Waals surface area contributed by atoms with E-state index in [0.717, 1.165) is 6.42 Å². The fourth-order valence-electron chi connectivity index (χ4n) is 2.95. The van der Waals surface area contributed by atoms with Crippen molar-refractivity contribution in [1.82, 2.24) is 19.7 Å². The summed E-state index contributed by atoms with van der Waals surface area (Å²) in [6, 6.07) is -0.0877. The summed E-state index contributed by atoms with van der Waals surface area (Å²) in [6.45, 7) is 4.91. The molecule has 152 valence electrons. The molecule has 0 amide bonds. The maximum atomic E-state index is 11.5. The second-order valence-electron chi connectivity index (χ2n) is 6.48. The van der Waals surface area contributed by atoms with Crippen molar-refractivity contribution in [3.63, 3.8) is 0 Å². The number of ether oxygens (including phenoxy) is 2. The van der Waals surface area contributed by atoms with Gasteiger partial charge >= 0.3 is 11.6 Å². The highest BCUT2D eigenvalue weighted by Gasteiger charge is 2.31. The molecule has 1 fully saturated rings. The van der Waals surface area contributed by atoms with Crippen LogP contribution in [0.25, 0.3) is 0 Å². The van der Waals surface area contributed by atoms with Crippen molar-refractivity contribution >= 4 is 34.7 Å². The van der Waals surface area contributed by atoms with Gasteiger partial charge < -0.3 is 14.8 Å². The largest absolute Gasteiger partial charge is 0.472 e. The monoisotopic (exact) mass is 430 g/mol. The number of anilines is 1. The molecular formula is C16H20Cl2N6O4. The zero-order valence-corrected chi connectivity index (χ0v) is 16.9. The molecule has 0 saturated carbocycles. The second-order valence-corrected chi connectivity index (χ2v) is 7.22. The smallest absolute Gasteiger partial charge is 0.352 e. The first-order chi connectivity index (χ1) is 13.4. The molecule has 0 aromatic carbocycles. The zero-order valence-electron chi connectivity index (χ0n) is 15.4. The van der Waals surface area contributed by atoms with E-state index in [2.05, 4.69) is 20.4 Å². The van der Waals surface area contributed by atoms with Crippen LogP contribution in [0.15, 0.2) is 6.20 Å². The van der Waals surface area contributed by atoms with Crippen molar-refractivity contribution in [2.75, 3.05) is 25.1 Å². The third-order valence-electron chi connectivity index (χ3n) is 4.41. The van der Waals surface area contributed by atoms with Gasteiger partial charge in [-0.15, -0.1) is 5.10 Å². The molecule has 28 heavy (non-hydrogen) atoms. The van der Waals surface area contributed by atoms with Crippen molar-refractivity contribution in [3.05, 3.63) is 32.3 Å². The molecule has 3 heterocycles. The Morgan fingerprint density at radius 3 is 3.00 bits per heavy atom. The van der Waals surface area contributed by atoms with Crippen LogP contribution in [0.3, 0.4) is 0 Å². The first kappa shape index (κ1) is 20.6. The van der Waals surface area contributed by atoms with E-state index in [4.69, 9.17) is 32.7 Å². The molecule has 10 nitrogen and oxygen atoms in total. The van der Waals surface area contributed by atoms with Crippen molar-refractivity contribution in [1.29, 1.82) is 0 Å². The molecule has 3 rings (SSSR count). The van der Waals surface area contributed by atoms with Crippen LogP contribution in [0.4, 0.5) is 11.5 Å². The van der Waals surface area contributed by atoms with Crippen LogP contribution in [0, 0.1) is 17.0 Å². The van der Waals surface area contributed by atoms with Crippen LogP contribution in [0.2, 0.25) is 10.3 Å². The molecule has 2 unspecified atom stereocenters. The molecule has 0 bridgehead atoms. The van der Waals surface area contributed by atoms with Gasteiger partial charge in [0.2, 0.25) is 5.28 Å². The van der Waals surface area contributed by atoms with E-state index in [-0.39, 0.29) is 35.5 Å². The molecule has 1 N–H and O–H groups in total. The van der Waals surface area contributed by atoms with Crippen LogP contribution >= 0.6 is 23.2 Å². The van der Waals surface area contributed by atoms with Gasteiger partial charge in [0.1, 0.15) is 16.5 Å². The van der Waals surface area contributed by atoms with Gasteiger partial charge in [0, 0.05) is 19.1 Å². The van der Waals surface area contributed by atoms with E-state index in [1.165, 1.54) is 6.20 Å². The number of hydrogen-bond acceptors (Lipinski definition) is 8. The van der Waals surface area contributed by atoms with Crippen molar-refractivity contribution in [2.24, 2.45) is 0 Å². The Morgan fingerprint density at radius 1 is 1.54 bits per heavy atom. The molecule has 0 aliphatic carbocycles. The first-order valence-electron chi connectivity index (χ1n) is 8.75. The van der Waals surface area contributed by atoms with Gasteiger partial charge in [0.05, 0.1) is 30.4 Å². The average Bonchev–Trinajstić information content (AvgIpc) is 3.26. The minimum absolute atomic E-state index is 0.0127. The molecule has 1 saturated heterocycles. The fourth-order valence-corrected chi connectivity index (χ4v) is 3.23. The summed E-state index contributed by atoms with van der Waals surface area (Å²) in [5.41, 5.74) is 0.349. The lowest BCUT2D eigenvalue weighted by Gasteiger charge is -2.15. The highest BCUT2D eigenvalue weighted by atomic mass is 35.5. The molecule has 2 aromatic rings. The van der Waals surface area contributed by atoms with Crippen molar-refractivity contribution < 1.29 is 14.4 Å². The summed E-state index contributed by atoms with van der Waals surface area (Å²) in [5, 5.41) is 19.3. The van der Waals surface area contributed by atoms with Crippen LogP contribution in [-0.4, -0.2) is 50.5 Å². The highest BCUT2D eigenvalue weighted by molar-refractivity contribution is 6.33.